The fourth-order valence-corrected chi connectivity index (χ4v) is 4.79. The average Bonchev–Trinajstić information content (AvgIpc) is 3.32. The van der Waals surface area contributed by atoms with Gasteiger partial charge in [0, 0.05) is 11.7 Å². The predicted octanol–water partition coefficient (Wildman–Crippen LogP) is 2.23. The standard InChI is InChI=1S/C21H21N3O5S/c1-3-29-20(27)17-12(2)16-18(26)23(8-9-25)21(28)24(19(16)30-17)11-13-4-5-15-14(10-13)6-7-22-15/h4-7,10,22,25H,3,8-9,11H2,1-2H3. The quantitative estimate of drug-likeness (QED) is 0.459. The normalized spacial score (nSPS) is 11.4. The van der Waals surface area contributed by atoms with Gasteiger partial charge in [0.1, 0.15) is 9.71 Å². The van der Waals surface area contributed by atoms with Gasteiger partial charge in [0.25, 0.3) is 5.56 Å². The van der Waals surface area contributed by atoms with Crippen LogP contribution in [-0.2, 0) is 17.8 Å². The van der Waals surface area contributed by atoms with Crippen molar-refractivity contribution in [1.82, 2.24) is 14.1 Å². The van der Waals surface area contributed by atoms with Gasteiger partial charge in [0.2, 0.25) is 0 Å². The Morgan fingerprint density at radius 3 is 2.77 bits per heavy atom. The van der Waals surface area contributed by atoms with Crippen LogP contribution in [0.15, 0.2) is 40.1 Å². The number of aliphatic hydroxyl groups is 1. The summed E-state index contributed by atoms with van der Waals surface area (Å²) in [6, 6.07) is 7.75. The molecule has 9 heteroatoms. The molecule has 0 saturated carbocycles. The van der Waals surface area contributed by atoms with Gasteiger partial charge in [-0.05, 0) is 48.6 Å². The minimum Gasteiger partial charge on any atom is -0.462 e. The van der Waals surface area contributed by atoms with Crippen molar-refractivity contribution < 1.29 is 14.6 Å². The van der Waals surface area contributed by atoms with Crippen molar-refractivity contribution in [3.8, 4) is 0 Å². The van der Waals surface area contributed by atoms with Gasteiger partial charge in [-0.25, -0.2) is 9.59 Å². The number of hydrogen-bond acceptors (Lipinski definition) is 6. The van der Waals surface area contributed by atoms with E-state index in [1.165, 1.54) is 4.57 Å². The molecule has 0 unspecified atom stereocenters. The Balaban J connectivity index is 1.96. The molecule has 4 rings (SSSR count). The average molecular weight is 427 g/mol. The van der Waals surface area contributed by atoms with E-state index in [9.17, 15) is 19.5 Å². The van der Waals surface area contributed by atoms with E-state index in [0.717, 1.165) is 32.4 Å². The van der Waals surface area contributed by atoms with E-state index < -0.39 is 17.2 Å². The van der Waals surface area contributed by atoms with Crippen LogP contribution < -0.4 is 11.2 Å². The number of aromatic amines is 1. The summed E-state index contributed by atoms with van der Waals surface area (Å²) in [7, 11) is 0. The molecule has 0 spiro atoms. The zero-order valence-electron chi connectivity index (χ0n) is 16.6. The predicted molar refractivity (Wildman–Crippen MR) is 116 cm³/mol. The van der Waals surface area contributed by atoms with Crippen LogP contribution in [-0.4, -0.2) is 38.4 Å². The van der Waals surface area contributed by atoms with E-state index in [-0.39, 0.29) is 26.3 Å². The van der Waals surface area contributed by atoms with Crippen LogP contribution in [0.5, 0.6) is 0 Å². The maximum atomic E-state index is 13.1. The number of nitrogens with one attached hydrogen (secondary N) is 1. The lowest BCUT2D eigenvalue weighted by Crippen LogP contribution is -2.40. The molecule has 0 aliphatic rings. The summed E-state index contributed by atoms with van der Waals surface area (Å²) in [5.41, 5.74) is 1.32. The van der Waals surface area contributed by atoms with Gasteiger partial charge in [-0.15, -0.1) is 11.3 Å². The summed E-state index contributed by atoms with van der Waals surface area (Å²) in [5.74, 6) is -0.517. The van der Waals surface area contributed by atoms with Crippen molar-refractivity contribution in [3.05, 3.63) is 67.3 Å². The number of benzene rings is 1. The largest absolute Gasteiger partial charge is 0.462 e. The molecule has 0 radical (unpaired) electrons. The maximum absolute atomic E-state index is 13.1. The van der Waals surface area contributed by atoms with Gasteiger partial charge in [0.15, 0.2) is 0 Å². The number of carbonyl (C=O) groups is 1. The van der Waals surface area contributed by atoms with Gasteiger partial charge in [-0.3, -0.25) is 13.9 Å². The first-order chi connectivity index (χ1) is 14.5. The number of thiophene rings is 1. The Labute approximate surface area is 175 Å². The molecule has 0 fully saturated rings. The number of aryl methyl sites for hydroxylation is 1. The van der Waals surface area contributed by atoms with E-state index in [2.05, 4.69) is 4.98 Å². The molecule has 0 saturated heterocycles. The van der Waals surface area contributed by atoms with Crippen molar-refractivity contribution in [2.45, 2.75) is 26.9 Å². The number of fused-ring (bicyclic) bond motifs is 2. The SMILES string of the molecule is CCOC(=O)c1sc2c(c1C)c(=O)n(CCO)c(=O)n2Cc1ccc2[nH]ccc2c1. The Morgan fingerprint density at radius 1 is 1.23 bits per heavy atom. The Morgan fingerprint density at radius 2 is 2.03 bits per heavy atom. The van der Waals surface area contributed by atoms with Crippen molar-refractivity contribution >= 4 is 38.4 Å². The summed E-state index contributed by atoms with van der Waals surface area (Å²) in [4.78, 5) is 42.4. The second-order valence-corrected chi connectivity index (χ2v) is 7.90. The van der Waals surface area contributed by atoms with Crippen molar-refractivity contribution in [2.75, 3.05) is 13.2 Å². The molecular formula is C21H21N3O5S. The van der Waals surface area contributed by atoms with E-state index in [1.807, 2.05) is 30.5 Å². The number of ether oxygens (including phenoxy) is 1. The minimum atomic E-state index is -0.521. The monoisotopic (exact) mass is 427 g/mol. The molecule has 1 aromatic carbocycles. The second-order valence-electron chi connectivity index (χ2n) is 6.91. The first-order valence-corrected chi connectivity index (χ1v) is 10.4. The lowest BCUT2D eigenvalue weighted by Gasteiger charge is -2.12. The molecular weight excluding hydrogens is 406 g/mol. The third-order valence-corrected chi connectivity index (χ3v) is 6.33. The molecule has 30 heavy (non-hydrogen) atoms. The fourth-order valence-electron chi connectivity index (χ4n) is 3.61. The van der Waals surface area contributed by atoms with Gasteiger partial charge < -0.3 is 14.8 Å². The zero-order chi connectivity index (χ0) is 21.4. The zero-order valence-corrected chi connectivity index (χ0v) is 17.4. The van der Waals surface area contributed by atoms with E-state index in [0.29, 0.717) is 20.7 Å². The number of aromatic nitrogens is 3. The Hall–Kier alpha value is -3.17. The maximum Gasteiger partial charge on any atom is 0.348 e. The Bertz CT molecular complexity index is 1380. The smallest absolute Gasteiger partial charge is 0.348 e. The molecule has 156 valence electrons. The lowest BCUT2D eigenvalue weighted by atomic mass is 10.1. The lowest BCUT2D eigenvalue weighted by molar-refractivity contribution is 0.0531. The van der Waals surface area contributed by atoms with Gasteiger partial charge >= 0.3 is 11.7 Å². The number of esters is 1. The summed E-state index contributed by atoms with van der Waals surface area (Å²) < 4.78 is 7.62. The molecule has 3 aromatic heterocycles. The van der Waals surface area contributed by atoms with Crippen molar-refractivity contribution in [3.63, 3.8) is 0 Å². The van der Waals surface area contributed by atoms with Gasteiger partial charge in [-0.2, -0.15) is 0 Å². The number of H-pyrrole nitrogens is 1. The fraction of sp³-hybridized carbons (Fsp3) is 0.286. The third-order valence-electron chi connectivity index (χ3n) is 5.04. The van der Waals surface area contributed by atoms with E-state index >= 15 is 0 Å². The second kappa shape index (κ2) is 7.92. The van der Waals surface area contributed by atoms with E-state index in [4.69, 9.17) is 4.74 Å². The summed E-state index contributed by atoms with van der Waals surface area (Å²) in [6.07, 6.45) is 1.84. The van der Waals surface area contributed by atoms with Crippen LogP contribution >= 0.6 is 11.3 Å². The van der Waals surface area contributed by atoms with Crippen LogP contribution in [0.3, 0.4) is 0 Å². The van der Waals surface area contributed by atoms with Gasteiger partial charge in [0.05, 0.1) is 31.7 Å². The molecule has 2 N–H and O–H groups in total. The molecule has 4 aromatic rings. The molecule has 0 aliphatic heterocycles. The molecule has 8 nitrogen and oxygen atoms in total. The Kier molecular flexibility index (Phi) is 5.31. The first kappa shape index (κ1) is 20.1. The highest BCUT2D eigenvalue weighted by Crippen LogP contribution is 2.29. The third kappa shape index (κ3) is 3.25. The van der Waals surface area contributed by atoms with Crippen LogP contribution in [0.1, 0.15) is 27.7 Å². The molecule has 0 atom stereocenters. The minimum absolute atomic E-state index is 0.117. The highest BCUT2D eigenvalue weighted by atomic mass is 32.1. The summed E-state index contributed by atoms with van der Waals surface area (Å²) in [6.45, 7) is 3.37. The highest BCUT2D eigenvalue weighted by Gasteiger charge is 2.23. The summed E-state index contributed by atoms with van der Waals surface area (Å²) >= 11 is 1.08. The number of rotatable bonds is 6. The number of aliphatic hydroxyl groups excluding tert-OH is 1. The van der Waals surface area contributed by atoms with Crippen LogP contribution in [0.2, 0.25) is 0 Å². The van der Waals surface area contributed by atoms with Crippen molar-refractivity contribution in [1.29, 1.82) is 0 Å². The molecule has 0 aliphatic carbocycles. The van der Waals surface area contributed by atoms with Crippen molar-refractivity contribution in [2.24, 2.45) is 0 Å². The highest BCUT2D eigenvalue weighted by molar-refractivity contribution is 7.20. The van der Waals surface area contributed by atoms with Gasteiger partial charge in [-0.1, -0.05) is 6.07 Å². The number of carbonyl (C=O) groups excluding carboxylic acids is 1. The van der Waals surface area contributed by atoms with Crippen LogP contribution in [0.4, 0.5) is 0 Å². The van der Waals surface area contributed by atoms with Crippen LogP contribution in [0, 0.1) is 6.92 Å². The molecule has 3 heterocycles. The topological polar surface area (TPSA) is 106 Å². The molecule has 0 amide bonds. The van der Waals surface area contributed by atoms with Crippen LogP contribution in [0.25, 0.3) is 21.1 Å². The van der Waals surface area contributed by atoms with E-state index in [1.54, 1.807) is 13.8 Å². The number of nitrogens with zero attached hydrogens (tertiary/aromatic N) is 2. The molecule has 0 bridgehead atoms. The summed E-state index contributed by atoms with van der Waals surface area (Å²) in [5, 5.41) is 10.7. The first-order valence-electron chi connectivity index (χ1n) is 9.57. The number of hydrogen-bond donors (Lipinski definition) is 2.